The zero-order valence-corrected chi connectivity index (χ0v) is 37.8. The summed E-state index contributed by atoms with van der Waals surface area (Å²) in [6, 6.07) is 74.1. The molecular weight excluding hydrogens is 964 g/mol. The molecule has 3 aromatic heterocycles. The summed E-state index contributed by atoms with van der Waals surface area (Å²) in [5, 5.41) is 7.77. The van der Waals surface area contributed by atoms with Crippen molar-refractivity contribution in [2.75, 3.05) is 0 Å². The van der Waals surface area contributed by atoms with E-state index >= 15 is 0 Å². The van der Waals surface area contributed by atoms with Crippen LogP contribution in [0.4, 0.5) is 0 Å². The summed E-state index contributed by atoms with van der Waals surface area (Å²) < 4.78 is 13.5. The second-order valence-electron chi connectivity index (χ2n) is 17.3. The predicted octanol–water partition coefficient (Wildman–Crippen LogP) is 15.1. The van der Waals surface area contributed by atoms with E-state index in [2.05, 4.69) is 223 Å². The van der Waals surface area contributed by atoms with E-state index in [0.717, 1.165) is 93.4 Å². The third-order valence-corrected chi connectivity index (χ3v) is 12.4. The number of para-hydroxylation sites is 3. The number of pyridine rings is 1. The molecule has 0 N–H and O–H groups in total. The van der Waals surface area contributed by atoms with E-state index in [1.54, 1.807) is 0 Å². The Morgan fingerprint density at radius 3 is 2.05 bits per heavy atom. The quantitative estimate of drug-likeness (QED) is 0.154. The van der Waals surface area contributed by atoms with Crippen molar-refractivity contribution >= 4 is 82.1 Å². The van der Waals surface area contributed by atoms with Gasteiger partial charge in [0, 0.05) is 49.5 Å². The average molecular weight is 1010 g/mol. The van der Waals surface area contributed by atoms with Crippen LogP contribution in [-0.4, -0.2) is 18.5 Å². The summed E-state index contributed by atoms with van der Waals surface area (Å²) in [6.07, 6.45) is 2.21. The molecule has 0 atom stereocenters. The number of nitrogens with zero attached hydrogens (tertiary/aromatic N) is 4. The number of imidazole rings is 1. The predicted molar refractivity (Wildman–Crippen MR) is 261 cm³/mol. The molecule has 312 valence electrons. The van der Waals surface area contributed by atoms with Gasteiger partial charge in [-0.1, -0.05) is 160 Å². The van der Waals surface area contributed by atoms with Gasteiger partial charge in [-0.25, -0.2) is 4.98 Å². The first-order valence-corrected chi connectivity index (χ1v) is 21.5. The SMILES string of the molecule is CC(C)(C)c1cc(-c2ccccc2)c2c(c1)c1ccccc1c1cccc(c1)c1cccc(n1)n1c3[c-]c(ccc3c3ccccc31)oc1[c-]c(ccc1)n1[cH-]n2-c2ccccc2-1.[Pt]. The Morgan fingerprint density at radius 2 is 1.22 bits per heavy atom. The van der Waals surface area contributed by atoms with E-state index in [1.807, 2.05) is 18.2 Å². The topological polar surface area (TPSA) is 40.3 Å². The third-order valence-electron chi connectivity index (χ3n) is 12.4. The molecule has 0 unspecified atom stereocenters. The van der Waals surface area contributed by atoms with Crippen LogP contribution in [0.15, 0.2) is 199 Å². The van der Waals surface area contributed by atoms with Crippen LogP contribution in [0.5, 0.6) is 0 Å². The van der Waals surface area contributed by atoms with Crippen molar-refractivity contribution in [3.63, 3.8) is 0 Å². The van der Waals surface area contributed by atoms with Crippen molar-refractivity contribution in [3.05, 3.63) is 212 Å². The Kier molecular flexibility index (Phi) is 9.56. The molecule has 0 spiro atoms. The Bertz CT molecular complexity index is 3910. The molecule has 1 aliphatic rings. The van der Waals surface area contributed by atoms with E-state index in [-0.39, 0.29) is 26.5 Å². The summed E-state index contributed by atoms with van der Waals surface area (Å²) >= 11 is 0. The minimum atomic E-state index is -0.132. The third kappa shape index (κ3) is 6.58. The number of hydrogen-bond acceptors (Lipinski definition) is 2. The van der Waals surface area contributed by atoms with Gasteiger partial charge in [-0.3, -0.25) is 0 Å². The minimum absolute atomic E-state index is 0. The number of fused-ring (bicyclic) bond motifs is 23. The van der Waals surface area contributed by atoms with Gasteiger partial charge in [0.25, 0.3) is 0 Å². The first kappa shape index (κ1) is 39.5. The van der Waals surface area contributed by atoms with E-state index in [4.69, 9.17) is 9.40 Å². The van der Waals surface area contributed by atoms with Gasteiger partial charge in [-0.15, -0.1) is 29.1 Å². The molecule has 64 heavy (non-hydrogen) atoms. The fourth-order valence-electron chi connectivity index (χ4n) is 9.30. The first-order valence-electron chi connectivity index (χ1n) is 21.5. The maximum absolute atomic E-state index is 6.67. The van der Waals surface area contributed by atoms with Gasteiger partial charge < -0.3 is 18.0 Å². The molecule has 0 aliphatic carbocycles. The maximum Gasteiger partial charge on any atom is 0.136 e. The van der Waals surface area contributed by atoms with Crippen LogP contribution < -0.4 is 0 Å². The second-order valence-corrected chi connectivity index (χ2v) is 17.3. The summed E-state index contributed by atoms with van der Waals surface area (Å²) in [6.45, 7) is 6.90. The molecule has 10 bridgehead atoms. The van der Waals surface area contributed by atoms with Crippen LogP contribution in [0.2, 0.25) is 0 Å². The van der Waals surface area contributed by atoms with Gasteiger partial charge in [0.05, 0.1) is 5.52 Å². The van der Waals surface area contributed by atoms with E-state index < -0.39 is 0 Å². The van der Waals surface area contributed by atoms with Crippen LogP contribution in [0.1, 0.15) is 26.3 Å². The van der Waals surface area contributed by atoms with Crippen molar-refractivity contribution in [1.29, 1.82) is 0 Å². The van der Waals surface area contributed by atoms with Crippen molar-refractivity contribution < 1.29 is 25.5 Å². The molecule has 11 aromatic rings. The summed E-state index contributed by atoms with van der Waals surface area (Å²) in [5.41, 5.74) is 12.3. The molecule has 0 radical (unpaired) electrons. The van der Waals surface area contributed by atoms with E-state index in [9.17, 15) is 0 Å². The second kappa shape index (κ2) is 15.5. The smallest absolute Gasteiger partial charge is 0.136 e. The van der Waals surface area contributed by atoms with Gasteiger partial charge >= 0.3 is 0 Å². The molecular formula is C58H41N4OPt-3. The molecule has 8 aromatic carbocycles. The Balaban J connectivity index is 0.00000456. The number of rotatable bonds is 1. The molecule has 1 aliphatic heterocycles. The Morgan fingerprint density at radius 1 is 0.531 bits per heavy atom. The van der Waals surface area contributed by atoms with Crippen molar-refractivity contribution in [3.8, 4) is 22.5 Å². The zero-order valence-electron chi connectivity index (χ0n) is 35.5. The van der Waals surface area contributed by atoms with Crippen LogP contribution in [0.25, 0.3) is 105 Å². The number of hydrogen-bond donors (Lipinski definition) is 0. The van der Waals surface area contributed by atoms with E-state index in [0.29, 0.717) is 11.2 Å². The van der Waals surface area contributed by atoms with Crippen LogP contribution in [-0.2, 0) is 26.5 Å². The van der Waals surface area contributed by atoms with Gasteiger partial charge in [-0.05, 0) is 90.2 Å². The molecule has 0 saturated heterocycles. The van der Waals surface area contributed by atoms with Crippen LogP contribution in [0.3, 0.4) is 0 Å². The summed E-state index contributed by atoms with van der Waals surface area (Å²) in [4.78, 5) is 5.37. The zero-order chi connectivity index (χ0) is 42.2. The van der Waals surface area contributed by atoms with Crippen molar-refractivity contribution in [1.82, 2.24) is 18.5 Å². The monoisotopic (exact) mass is 1000 g/mol. The molecule has 0 fully saturated rings. The summed E-state index contributed by atoms with van der Waals surface area (Å²) in [5.74, 6) is 0. The number of aromatic nitrogens is 4. The van der Waals surface area contributed by atoms with Gasteiger partial charge in [0.1, 0.15) is 5.65 Å². The standard InChI is InChI=1S/C58H41N4O.Pt/c1-58(2,3)41-33-49(38-16-5-4-6-17-38)57-50(34-41)46-23-8-7-22-45(46)39-18-13-19-40(32-39)51-25-15-29-56(59-51)62-52-26-10-9-24-47(52)48-31-30-44(36-55(48)62)63-43-21-14-20-42(35-43)60-37-61(57)54-28-12-11-27-53(54)60;/h4-34,37H,1-3H3;/q-3;. The molecule has 5 nitrogen and oxygen atoms in total. The minimum Gasteiger partial charge on any atom is -0.510 e. The normalized spacial score (nSPS) is 11.9. The van der Waals surface area contributed by atoms with Crippen LogP contribution in [0, 0.1) is 12.1 Å². The van der Waals surface area contributed by atoms with Gasteiger partial charge in [0.2, 0.25) is 0 Å². The fourth-order valence-corrected chi connectivity index (χ4v) is 9.30. The molecule has 0 amide bonds. The van der Waals surface area contributed by atoms with Gasteiger partial charge in [0.15, 0.2) is 0 Å². The summed E-state index contributed by atoms with van der Waals surface area (Å²) in [7, 11) is 0. The van der Waals surface area contributed by atoms with Gasteiger partial charge in [-0.2, -0.15) is 24.3 Å². The maximum atomic E-state index is 6.67. The molecule has 6 heteroatoms. The molecule has 4 heterocycles. The van der Waals surface area contributed by atoms with Crippen molar-refractivity contribution in [2.45, 2.75) is 26.2 Å². The largest absolute Gasteiger partial charge is 0.510 e. The first-order chi connectivity index (χ1) is 30.9. The molecule has 12 rings (SSSR count). The average Bonchev–Trinajstić information content (AvgIpc) is 3.87. The number of benzene rings is 8. The Labute approximate surface area is 384 Å². The van der Waals surface area contributed by atoms with E-state index in [1.165, 1.54) is 5.56 Å². The Hall–Kier alpha value is -7.33. The van der Waals surface area contributed by atoms with Crippen LogP contribution >= 0.6 is 0 Å². The fraction of sp³-hybridized carbons (Fsp3) is 0.0690. The molecule has 0 saturated carbocycles. The van der Waals surface area contributed by atoms with Crippen molar-refractivity contribution in [2.24, 2.45) is 0 Å².